The second kappa shape index (κ2) is 8.89. The normalized spacial score (nSPS) is 17.0. The number of rotatable bonds is 7. The summed E-state index contributed by atoms with van der Waals surface area (Å²) in [5.41, 5.74) is 1.01. The van der Waals surface area contributed by atoms with Crippen LogP contribution in [0.2, 0.25) is 5.02 Å². The van der Waals surface area contributed by atoms with E-state index in [1.807, 2.05) is 6.92 Å². The second-order valence-electron chi connectivity index (χ2n) is 5.67. The molecule has 1 fully saturated rings. The smallest absolute Gasteiger partial charge is 0.252 e. The minimum Gasteiger partial charge on any atom is -0.378 e. The van der Waals surface area contributed by atoms with Crippen molar-refractivity contribution in [2.45, 2.75) is 45.1 Å². The number of hydrogen-bond acceptors (Lipinski definition) is 3. The van der Waals surface area contributed by atoms with Gasteiger partial charge in [-0.25, -0.2) is 0 Å². The molecular formula is C17H23ClN2O3. The quantitative estimate of drug-likeness (QED) is 0.801. The van der Waals surface area contributed by atoms with Gasteiger partial charge in [-0.2, -0.15) is 0 Å². The first kappa shape index (κ1) is 17.8. The number of halogens is 1. The number of anilines is 1. The molecule has 0 radical (unpaired) electrons. The molecule has 0 aliphatic carbocycles. The summed E-state index contributed by atoms with van der Waals surface area (Å²) < 4.78 is 5.50. The molecule has 1 aromatic carbocycles. The maximum atomic E-state index is 12.0. The van der Waals surface area contributed by atoms with E-state index in [0.29, 0.717) is 29.2 Å². The highest BCUT2D eigenvalue weighted by Gasteiger charge is 2.17. The molecule has 1 heterocycles. The first-order chi connectivity index (χ1) is 11.1. The molecule has 2 amide bonds. The van der Waals surface area contributed by atoms with Crippen molar-refractivity contribution in [2.24, 2.45) is 0 Å². The highest BCUT2D eigenvalue weighted by atomic mass is 35.5. The van der Waals surface area contributed by atoms with Crippen LogP contribution in [-0.2, 0) is 9.53 Å². The molecule has 1 aliphatic rings. The van der Waals surface area contributed by atoms with Gasteiger partial charge in [0.25, 0.3) is 5.91 Å². The van der Waals surface area contributed by atoms with Crippen LogP contribution in [-0.4, -0.2) is 31.1 Å². The van der Waals surface area contributed by atoms with Gasteiger partial charge in [-0.3, -0.25) is 9.59 Å². The first-order valence-electron chi connectivity index (χ1n) is 8.09. The van der Waals surface area contributed by atoms with E-state index in [9.17, 15) is 9.59 Å². The third-order valence-corrected chi connectivity index (χ3v) is 4.06. The minimum atomic E-state index is -0.201. The first-order valence-corrected chi connectivity index (χ1v) is 8.47. The Morgan fingerprint density at radius 1 is 1.39 bits per heavy atom. The lowest BCUT2D eigenvalue weighted by Gasteiger charge is -2.11. The SMILES string of the molecule is CCCNC(=O)c1ccc(NC(=O)CC[C@@H]2CCCO2)cc1Cl. The van der Waals surface area contributed by atoms with Crippen molar-refractivity contribution >= 4 is 29.1 Å². The topological polar surface area (TPSA) is 67.4 Å². The Bertz CT molecular complexity index is 557. The molecule has 23 heavy (non-hydrogen) atoms. The summed E-state index contributed by atoms with van der Waals surface area (Å²) in [4.78, 5) is 23.9. The van der Waals surface area contributed by atoms with Crippen molar-refractivity contribution in [1.29, 1.82) is 0 Å². The largest absolute Gasteiger partial charge is 0.378 e. The molecule has 1 aliphatic heterocycles. The molecule has 5 nitrogen and oxygen atoms in total. The third kappa shape index (κ3) is 5.52. The molecular weight excluding hydrogens is 316 g/mol. The third-order valence-electron chi connectivity index (χ3n) is 3.75. The molecule has 1 atom stereocenters. The number of carbonyl (C=O) groups excluding carboxylic acids is 2. The Morgan fingerprint density at radius 3 is 2.87 bits per heavy atom. The van der Waals surface area contributed by atoms with Crippen LogP contribution in [0.1, 0.15) is 49.4 Å². The summed E-state index contributed by atoms with van der Waals surface area (Å²) in [6.45, 7) is 3.39. The van der Waals surface area contributed by atoms with E-state index in [1.54, 1.807) is 18.2 Å². The predicted molar refractivity (Wildman–Crippen MR) is 90.9 cm³/mol. The van der Waals surface area contributed by atoms with Gasteiger partial charge >= 0.3 is 0 Å². The van der Waals surface area contributed by atoms with Gasteiger partial charge in [-0.15, -0.1) is 0 Å². The van der Waals surface area contributed by atoms with Crippen LogP contribution in [0.3, 0.4) is 0 Å². The summed E-state index contributed by atoms with van der Waals surface area (Å²) in [5, 5.41) is 5.91. The van der Waals surface area contributed by atoms with Gasteiger partial charge in [-0.05, 0) is 43.9 Å². The second-order valence-corrected chi connectivity index (χ2v) is 6.08. The van der Waals surface area contributed by atoms with Gasteiger partial charge in [0.1, 0.15) is 0 Å². The van der Waals surface area contributed by atoms with E-state index in [1.165, 1.54) is 0 Å². The molecule has 1 saturated heterocycles. The van der Waals surface area contributed by atoms with E-state index in [-0.39, 0.29) is 17.9 Å². The summed E-state index contributed by atoms with van der Waals surface area (Å²) in [6, 6.07) is 4.92. The van der Waals surface area contributed by atoms with E-state index >= 15 is 0 Å². The predicted octanol–water partition coefficient (Wildman–Crippen LogP) is 3.38. The summed E-state index contributed by atoms with van der Waals surface area (Å²) in [5.74, 6) is -0.271. The van der Waals surface area contributed by atoms with E-state index in [4.69, 9.17) is 16.3 Å². The Morgan fingerprint density at radius 2 is 2.22 bits per heavy atom. The van der Waals surface area contributed by atoms with Crippen LogP contribution >= 0.6 is 11.6 Å². The van der Waals surface area contributed by atoms with Crippen LogP contribution in [0, 0.1) is 0 Å². The number of ether oxygens (including phenoxy) is 1. The highest BCUT2D eigenvalue weighted by molar-refractivity contribution is 6.34. The number of benzene rings is 1. The van der Waals surface area contributed by atoms with Gasteiger partial charge < -0.3 is 15.4 Å². The Balaban J connectivity index is 1.86. The molecule has 2 rings (SSSR count). The molecule has 2 N–H and O–H groups in total. The maximum absolute atomic E-state index is 12.0. The fraction of sp³-hybridized carbons (Fsp3) is 0.529. The molecule has 0 saturated carbocycles. The lowest BCUT2D eigenvalue weighted by molar-refractivity contribution is -0.116. The van der Waals surface area contributed by atoms with Crippen molar-refractivity contribution < 1.29 is 14.3 Å². The van der Waals surface area contributed by atoms with E-state index in [2.05, 4.69) is 10.6 Å². The van der Waals surface area contributed by atoms with Crippen LogP contribution in [0.4, 0.5) is 5.69 Å². The van der Waals surface area contributed by atoms with Gasteiger partial charge in [0.05, 0.1) is 16.7 Å². The average Bonchev–Trinajstić information content (AvgIpc) is 3.04. The van der Waals surface area contributed by atoms with Crippen LogP contribution < -0.4 is 10.6 Å². The number of amides is 2. The fourth-order valence-corrected chi connectivity index (χ4v) is 2.76. The van der Waals surface area contributed by atoms with Crippen LogP contribution in [0.25, 0.3) is 0 Å². The van der Waals surface area contributed by atoms with E-state index in [0.717, 1.165) is 32.3 Å². The minimum absolute atomic E-state index is 0.0697. The Hall–Kier alpha value is -1.59. The van der Waals surface area contributed by atoms with Crippen LogP contribution in [0.5, 0.6) is 0 Å². The highest BCUT2D eigenvalue weighted by Crippen LogP contribution is 2.22. The number of carbonyl (C=O) groups is 2. The van der Waals surface area contributed by atoms with E-state index < -0.39 is 0 Å². The number of nitrogens with one attached hydrogen (secondary N) is 2. The monoisotopic (exact) mass is 338 g/mol. The molecule has 0 aromatic heterocycles. The molecule has 126 valence electrons. The summed E-state index contributed by atoms with van der Waals surface area (Å²) in [6.07, 6.45) is 4.32. The molecule has 0 unspecified atom stereocenters. The molecule has 0 bridgehead atoms. The molecule has 1 aromatic rings. The van der Waals surface area contributed by atoms with Crippen molar-refractivity contribution in [2.75, 3.05) is 18.5 Å². The molecule has 6 heteroatoms. The van der Waals surface area contributed by atoms with Crippen molar-refractivity contribution in [3.05, 3.63) is 28.8 Å². The Labute approximate surface area is 141 Å². The number of hydrogen-bond donors (Lipinski definition) is 2. The lowest BCUT2D eigenvalue weighted by atomic mass is 10.1. The summed E-state index contributed by atoms with van der Waals surface area (Å²) in [7, 11) is 0. The molecule has 0 spiro atoms. The zero-order valence-corrected chi connectivity index (χ0v) is 14.1. The maximum Gasteiger partial charge on any atom is 0.252 e. The van der Waals surface area contributed by atoms with Crippen molar-refractivity contribution in [1.82, 2.24) is 5.32 Å². The van der Waals surface area contributed by atoms with Gasteiger partial charge in [0.2, 0.25) is 5.91 Å². The average molecular weight is 339 g/mol. The lowest BCUT2D eigenvalue weighted by Crippen LogP contribution is -2.24. The van der Waals surface area contributed by atoms with Crippen molar-refractivity contribution in [3.8, 4) is 0 Å². The zero-order chi connectivity index (χ0) is 16.7. The zero-order valence-electron chi connectivity index (χ0n) is 13.4. The van der Waals surface area contributed by atoms with Crippen molar-refractivity contribution in [3.63, 3.8) is 0 Å². The van der Waals surface area contributed by atoms with Crippen LogP contribution in [0.15, 0.2) is 18.2 Å². The summed E-state index contributed by atoms with van der Waals surface area (Å²) >= 11 is 6.14. The van der Waals surface area contributed by atoms with Gasteiger partial charge in [0.15, 0.2) is 0 Å². The standard InChI is InChI=1S/C17H23ClN2O3/c1-2-9-19-17(22)14-7-5-12(11-15(14)18)20-16(21)8-6-13-4-3-10-23-13/h5,7,11,13H,2-4,6,8-10H2,1H3,(H,19,22)(H,20,21)/t13-/m0/s1. The van der Waals surface area contributed by atoms with Gasteiger partial charge in [0, 0.05) is 25.3 Å². The fourth-order valence-electron chi connectivity index (χ4n) is 2.50. The van der Waals surface area contributed by atoms with Gasteiger partial charge in [-0.1, -0.05) is 18.5 Å². The Kier molecular flexibility index (Phi) is 6.86.